The molecule has 0 bridgehead atoms. The predicted octanol–water partition coefficient (Wildman–Crippen LogP) is 4.24. The van der Waals surface area contributed by atoms with Gasteiger partial charge in [-0.25, -0.2) is 0 Å². The average Bonchev–Trinajstić information content (AvgIpc) is 2.85. The molecule has 0 amide bonds. The Balaban J connectivity index is 2.08. The first kappa shape index (κ1) is 14.2. The Morgan fingerprint density at radius 1 is 1.26 bits per heavy atom. The minimum Gasteiger partial charge on any atom is -0.328 e. The molecule has 1 aromatic heterocycles. The van der Waals surface area contributed by atoms with Crippen LogP contribution < -0.4 is 5.73 Å². The molecule has 0 saturated heterocycles. The van der Waals surface area contributed by atoms with E-state index in [4.69, 9.17) is 5.73 Å². The van der Waals surface area contributed by atoms with Gasteiger partial charge in [-0.05, 0) is 42.7 Å². The molecule has 1 aromatic carbocycles. The summed E-state index contributed by atoms with van der Waals surface area (Å²) in [6.45, 7) is 4.04. The van der Waals surface area contributed by atoms with Gasteiger partial charge in [-0.3, -0.25) is 4.79 Å². The maximum absolute atomic E-state index is 12.5. The van der Waals surface area contributed by atoms with Crippen LogP contribution in [-0.2, 0) is 0 Å². The molecule has 2 N–H and O–H groups in total. The van der Waals surface area contributed by atoms with Gasteiger partial charge in [-0.1, -0.05) is 25.5 Å². The summed E-state index contributed by atoms with van der Waals surface area (Å²) in [4.78, 5) is 12.5. The molecule has 0 radical (unpaired) electrons. The molecule has 2 atom stereocenters. The fourth-order valence-electron chi connectivity index (χ4n) is 2.33. The number of Topliss-reactive ketones (excluding diaryl/α,β-unsaturated/α-hetero) is 1. The summed E-state index contributed by atoms with van der Waals surface area (Å²) in [5.74, 6) is 0.337. The largest absolute Gasteiger partial charge is 0.328 e. The van der Waals surface area contributed by atoms with Crippen molar-refractivity contribution in [3.63, 3.8) is 0 Å². The summed E-state index contributed by atoms with van der Waals surface area (Å²) in [5.41, 5.74) is 6.62. The van der Waals surface area contributed by atoms with Gasteiger partial charge in [0.05, 0.1) is 0 Å². The Labute approximate surface area is 118 Å². The second-order valence-electron chi connectivity index (χ2n) is 5.32. The van der Waals surface area contributed by atoms with Gasteiger partial charge in [-0.15, -0.1) is 11.3 Å². The van der Waals surface area contributed by atoms with Gasteiger partial charge in [0.15, 0.2) is 5.78 Å². The van der Waals surface area contributed by atoms with E-state index in [9.17, 15) is 4.79 Å². The highest BCUT2D eigenvalue weighted by molar-refractivity contribution is 7.17. The third kappa shape index (κ3) is 3.43. The zero-order valence-corrected chi connectivity index (χ0v) is 12.4. The summed E-state index contributed by atoms with van der Waals surface area (Å²) in [7, 11) is 0. The minimum atomic E-state index is 0.0754. The van der Waals surface area contributed by atoms with Crippen LogP contribution in [0.5, 0.6) is 0 Å². The maximum Gasteiger partial charge on any atom is 0.167 e. The van der Waals surface area contributed by atoms with Crippen LogP contribution in [0.2, 0.25) is 0 Å². The summed E-state index contributed by atoms with van der Waals surface area (Å²) < 4.78 is 1.12. The van der Waals surface area contributed by atoms with Crippen LogP contribution in [0.25, 0.3) is 10.1 Å². The number of hydrogen-bond acceptors (Lipinski definition) is 3. The van der Waals surface area contributed by atoms with E-state index in [1.807, 2.05) is 31.4 Å². The second kappa shape index (κ2) is 6.31. The van der Waals surface area contributed by atoms with Crippen molar-refractivity contribution >= 4 is 27.2 Å². The van der Waals surface area contributed by atoms with E-state index in [1.54, 1.807) is 11.3 Å². The number of thiophene rings is 1. The molecule has 3 heteroatoms. The monoisotopic (exact) mass is 275 g/mol. The van der Waals surface area contributed by atoms with Gasteiger partial charge in [0.2, 0.25) is 0 Å². The van der Waals surface area contributed by atoms with Crippen LogP contribution >= 0.6 is 11.3 Å². The fourth-order valence-corrected chi connectivity index (χ4v) is 3.25. The number of rotatable bonds is 6. The zero-order valence-electron chi connectivity index (χ0n) is 11.6. The van der Waals surface area contributed by atoms with Crippen molar-refractivity contribution in [1.29, 1.82) is 0 Å². The quantitative estimate of drug-likeness (QED) is 0.801. The Morgan fingerprint density at radius 3 is 2.79 bits per heavy atom. The van der Waals surface area contributed by atoms with Crippen LogP contribution in [0.3, 0.4) is 0 Å². The second-order valence-corrected chi connectivity index (χ2v) is 6.23. The molecule has 0 aliphatic carbocycles. The molecule has 19 heavy (non-hydrogen) atoms. The highest BCUT2D eigenvalue weighted by Crippen LogP contribution is 2.27. The molecule has 0 saturated carbocycles. The van der Waals surface area contributed by atoms with E-state index in [0.29, 0.717) is 0 Å². The van der Waals surface area contributed by atoms with E-state index in [1.165, 1.54) is 5.39 Å². The van der Waals surface area contributed by atoms with Gasteiger partial charge in [0, 0.05) is 22.2 Å². The Bertz CT molecular complexity index is 559. The first-order valence-corrected chi connectivity index (χ1v) is 7.73. The molecule has 0 spiro atoms. The summed E-state index contributed by atoms with van der Waals surface area (Å²) in [5, 5.41) is 3.21. The van der Waals surface area contributed by atoms with E-state index in [-0.39, 0.29) is 17.7 Å². The van der Waals surface area contributed by atoms with Crippen molar-refractivity contribution in [2.24, 2.45) is 11.7 Å². The van der Waals surface area contributed by atoms with Crippen molar-refractivity contribution < 1.29 is 4.79 Å². The maximum atomic E-state index is 12.5. The lowest BCUT2D eigenvalue weighted by molar-refractivity contribution is 0.0924. The first-order valence-electron chi connectivity index (χ1n) is 6.85. The average molecular weight is 275 g/mol. The van der Waals surface area contributed by atoms with Crippen LogP contribution in [0, 0.1) is 5.92 Å². The molecular weight excluding hydrogens is 254 g/mol. The van der Waals surface area contributed by atoms with Gasteiger partial charge < -0.3 is 5.73 Å². The number of benzene rings is 1. The Hall–Kier alpha value is -1.19. The Kier molecular flexibility index (Phi) is 4.72. The number of ketones is 1. The number of fused-ring (bicyclic) bond motifs is 1. The molecule has 0 aliphatic heterocycles. The molecule has 2 rings (SSSR count). The van der Waals surface area contributed by atoms with E-state index < -0.39 is 0 Å². The van der Waals surface area contributed by atoms with Crippen molar-refractivity contribution in [2.45, 2.75) is 39.2 Å². The van der Waals surface area contributed by atoms with E-state index in [0.717, 1.165) is 29.5 Å². The zero-order chi connectivity index (χ0) is 13.8. The number of carbonyl (C=O) groups is 1. The third-order valence-electron chi connectivity index (χ3n) is 3.49. The summed E-state index contributed by atoms with van der Waals surface area (Å²) in [6.07, 6.45) is 2.92. The molecule has 0 fully saturated rings. The van der Waals surface area contributed by atoms with E-state index in [2.05, 4.69) is 12.1 Å². The molecule has 0 aliphatic rings. The first-order chi connectivity index (χ1) is 9.09. The van der Waals surface area contributed by atoms with Crippen molar-refractivity contribution in [3.8, 4) is 0 Å². The standard InChI is InChI=1S/C16H21NOS/c1-11(5-3-6-12(2)17)15(18)14-8-4-7-13-9-10-19-16(13)14/h4,7-12H,3,5-6,17H2,1-2H3. The molecule has 2 nitrogen and oxygen atoms in total. The SMILES string of the molecule is CC(N)CCCC(C)C(=O)c1cccc2ccsc12. The van der Waals surface area contributed by atoms with Gasteiger partial charge in [0.1, 0.15) is 0 Å². The number of hydrogen-bond donors (Lipinski definition) is 1. The van der Waals surface area contributed by atoms with E-state index >= 15 is 0 Å². The van der Waals surface area contributed by atoms with Crippen molar-refractivity contribution in [2.75, 3.05) is 0 Å². The highest BCUT2D eigenvalue weighted by atomic mass is 32.1. The smallest absolute Gasteiger partial charge is 0.167 e. The summed E-state index contributed by atoms with van der Waals surface area (Å²) in [6, 6.07) is 8.27. The third-order valence-corrected chi connectivity index (χ3v) is 4.45. The lowest BCUT2D eigenvalue weighted by Gasteiger charge is -2.12. The van der Waals surface area contributed by atoms with Crippen LogP contribution in [-0.4, -0.2) is 11.8 Å². The molecule has 2 aromatic rings. The molecule has 102 valence electrons. The lowest BCUT2D eigenvalue weighted by Crippen LogP contribution is -2.16. The van der Waals surface area contributed by atoms with Crippen molar-refractivity contribution in [1.82, 2.24) is 0 Å². The Morgan fingerprint density at radius 2 is 2.05 bits per heavy atom. The number of carbonyl (C=O) groups excluding carboxylic acids is 1. The topological polar surface area (TPSA) is 43.1 Å². The lowest BCUT2D eigenvalue weighted by atomic mass is 9.93. The summed E-state index contributed by atoms with van der Waals surface area (Å²) >= 11 is 1.65. The van der Waals surface area contributed by atoms with Crippen LogP contribution in [0.15, 0.2) is 29.6 Å². The highest BCUT2D eigenvalue weighted by Gasteiger charge is 2.17. The molecule has 2 unspecified atom stereocenters. The van der Waals surface area contributed by atoms with Gasteiger partial charge >= 0.3 is 0 Å². The van der Waals surface area contributed by atoms with Gasteiger partial charge in [-0.2, -0.15) is 0 Å². The number of nitrogens with two attached hydrogens (primary N) is 1. The van der Waals surface area contributed by atoms with Crippen molar-refractivity contribution in [3.05, 3.63) is 35.2 Å². The van der Waals surface area contributed by atoms with Gasteiger partial charge in [0.25, 0.3) is 0 Å². The van der Waals surface area contributed by atoms with Crippen LogP contribution in [0.4, 0.5) is 0 Å². The molecule has 1 heterocycles. The predicted molar refractivity (Wildman–Crippen MR) is 82.8 cm³/mol. The molecular formula is C16H21NOS. The minimum absolute atomic E-state index is 0.0754. The fraction of sp³-hybridized carbons (Fsp3) is 0.438. The normalized spacial score (nSPS) is 14.5. The van der Waals surface area contributed by atoms with Crippen LogP contribution in [0.1, 0.15) is 43.5 Å².